The number of hydrogen-bond donors (Lipinski definition) is 2. The van der Waals surface area contributed by atoms with Crippen LogP contribution in [0.2, 0.25) is 0 Å². The van der Waals surface area contributed by atoms with Crippen molar-refractivity contribution in [2.75, 3.05) is 0 Å². The van der Waals surface area contributed by atoms with E-state index in [2.05, 4.69) is 40.7 Å². The molecule has 0 radical (unpaired) electrons. The van der Waals surface area contributed by atoms with Gasteiger partial charge in [0.05, 0.1) is 24.7 Å². The number of nitrogens with zero attached hydrogens (tertiary/aromatic N) is 1. The lowest BCUT2D eigenvalue weighted by atomic mass is 9.47. The molecular weight excluding hydrogens is 430 g/mol. The number of hydrogen-bond acceptors (Lipinski definition) is 3. The molecule has 0 aromatic rings. The molecule has 3 heteroatoms. The minimum Gasteiger partial charge on any atom is -0.391 e. The van der Waals surface area contributed by atoms with Crippen LogP contribution < -0.4 is 0 Å². The molecule has 0 aromatic heterocycles. The summed E-state index contributed by atoms with van der Waals surface area (Å²) < 4.78 is 0. The van der Waals surface area contributed by atoms with Crippen molar-refractivity contribution in [3.63, 3.8) is 0 Å². The van der Waals surface area contributed by atoms with Crippen molar-refractivity contribution in [1.29, 1.82) is 5.26 Å². The Morgan fingerprint density at radius 2 is 1.77 bits per heavy atom. The van der Waals surface area contributed by atoms with Crippen LogP contribution in [0.25, 0.3) is 0 Å². The smallest absolute Gasteiger partial charge is 0.0925 e. The number of allylic oxidation sites excluding steroid dienone is 2. The van der Waals surface area contributed by atoms with Gasteiger partial charge < -0.3 is 10.2 Å². The second kappa shape index (κ2) is 12.1. The van der Waals surface area contributed by atoms with Gasteiger partial charge in [-0.25, -0.2) is 0 Å². The predicted molar refractivity (Wildman–Crippen MR) is 146 cm³/mol. The van der Waals surface area contributed by atoms with E-state index in [1.807, 2.05) is 5.57 Å². The van der Waals surface area contributed by atoms with Gasteiger partial charge >= 0.3 is 0 Å². The Bertz CT molecular complexity index is 751. The van der Waals surface area contributed by atoms with Gasteiger partial charge in [0, 0.05) is 0 Å². The first-order chi connectivity index (χ1) is 16.5. The number of unbranched alkanes of at least 4 members (excludes halogenated alkanes) is 1. The third kappa shape index (κ3) is 6.35. The fourth-order valence-corrected chi connectivity index (χ4v) is 8.63. The molecule has 9 unspecified atom stereocenters. The molecule has 0 amide bonds. The van der Waals surface area contributed by atoms with Crippen LogP contribution in [0.15, 0.2) is 11.6 Å². The van der Waals surface area contributed by atoms with Crippen molar-refractivity contribution < 1.29 is 10.2 Å². The molecule has 0 aliphatic heterocycles. The summed E-state index contributed by atoms with van der Waals surface area (Å²) in [5.74, 6) is 5.88. The molecule has 3 fully saturated rings. The number of nitriles is 1. The summed E-state index contributed by atoms with van der Waals surface area (Å²) in [5.41, 5.74) is 3.10. The molecule has 9 atom stereocenters. The van der Waals surface area contributed by atoms with Gasteiger partial charge in [0.25, 0.3) is 0 Å². The van der Waals surface area contributed by atoms with Crippen LogP contribution in [0.5, 0.6) is 0 Å². The van der Waals surface area contributed by atoms with E-state index in [9.17, 15) is 0 Å². The highest BCUT2D eigenvalue weighted by molar-refractivity contribution is 5.25. The molecule has 4 rings (SSSR count). The highest BCUT2D eigenvalue weighted by Crippen LogP contribution is 2.67. The maximum Gasteiger partial charge on any atom is 0.0925 e. The summed E-state index contributed by atoms with van der Waals surface area (Å²) in [6.45, 7) is 14.1. The zero-order chi connectivity index (χ0) is 25.8. The summed E-state index contributed by atoms with van der Waals surface area (Å²) >= 11 is 0. The predicted octanol–water partition coefficient (Wildman–Crippen LogP) is 8.06. The average Bonchev–Trinajstić information content (AvgIpc) is 3.14. The summed E-state index contributed by atoms with van der Waals surface area (Å²) in [5, 5.41) is 25.2. The van der Waals surface area contributed by atoms with Crippen molar-refractivity contribution >= 4 is 0 Å². The zero-order valence-corrected chi connectivity index (χ0v) is 23.7. The molecule has 0 aromatic carbocycles. The summed E-state index contributed by atoms with van der Waals surface area (Å²) in [7, 11) is 0. The van der Waals surface area contributed by atoms with E-state index >= 15 is 0 Å². The Morgan fingerprint density at radius 1 is 1.03 bits per heavy atom. The lowest BCUT2D eigenvalue weighted by Gasteiger charge is -2.58. The first-order valence-electron chi connectivity index (χ1n) is 15.0. The molecule has 35 heavy (non-hydrogen) atoms. The standard InChI is InChI=1S/C27H46.C5H9NO2/c1-19(2)8-6-7-9-21-11-13-24-23-12-10-22-18-20(3)14-16-27(22,5)25(23)15-17-26(21,24)4;1-4(7)5(8)2-3-6/h10,19-21,23-25H,6-9,11-18H2,1-5H3;4-5,7-8H,2H2,1H3. The molecule has 3 saturated carbocycles. The monoisotopic (exact) mass is 485 g/mol. The van der Waals surface area contributed by atoms with Gasteiger partial charge in [-0.1, -0.05) is 65.5 Å². The highest BCUT2D eigenvalue weighted by Gasteiger charge is 2.58. The van der Waals surface area contributed by atoms with Gasteiger partial charge in [0.2, 0.25) is 0 Å². The van der Waals surface area contributed by atoms with Crippen LogP contribution in [-0.2, 0) is 0 Å². The first kappa shape index (κ1) is 28.7. The van der Waals surface area contributed by atoms with E-state index in [1.54, 1.807) is 12.5 Å². The fraction of sp³-hybridized carbons (Fsp3) is 0.906. The Hall–Kier alpha value is -0.850. The van der Waals surface area contributed by atoms with Gasteiger partial charge in [0.1, 0.15) is 0 Å². The van der Waals surface area contributed by atoms with Crippen molar-refractivity contribution in [2.24, 2.45) is 46.3 Å². The van der Waals surface area contributed by atoms with Crippen LogP contribution in [0.4, 0.5) is 0 Å². The normalized spacial score (nSPS) is 39.8. The maximum absolute atomic E-state index is 8.65. The molecule has 2 N–H and O–H groups in total. The average molecular weight is 486 g/mol. The lowest BCUT2D eigenvalue weighted by molar-refractivity contribution is -0.0450. The van der Waals surface area contributed by atoms with Crippen molar-refractivity contribution in [2.45, 2.75) is 137 Å². The third-order valence-corrected chi connectivity index (χ3v) is 11.0. The second-order valence-corrected chi connectivity index (χ2v) is 13.8. The highest BCUT2D eigenvalue weighted by atomic mass is 16.3. The molecule has 0 heterocycles. The van der Waals surface area contributed by atoms with E-state index in [0.717, 1.165) is 35.5 Å². The lowest BCUT2D eigenvalue weighted by Crippen LogP contribution is -2.49. The van der Waals surface area contributed by atoms with Crippen molar-refractivity contribution in [3.8, 4) is 6.07 Å². The van der Waals surface area contributed by atoms with Gasteiger partial charge in [-0.05, 0) is 111 Å². The minimum absolute atomic E-state index is 0.00231. The number of rotatable bonds is 7. The molecule has 0 spiro atoms. The largest absolute Gasteiger partial charge is 0.391 e. The molecule has 0 saturated heterocycles. The zero-order valence-electron chi connectivity index (χ0n) is 23.7. The van der Waals surface area contributed by atoms with Gasteiger partial charge in [-0.2, -0.15) is 5.26 Å². The van der Waals surface area contributed by atoms with E-state index in [4.69, 9.17) is 15.5 Å². The number of fused-ring (bicyclic) bond motifs is 5. The van der Waals surface area contributed by atoms with Crippen LogP contribution in [0, 0.1) is 57.7 Å². The number of aliphatic hydroxyl groups excluding tert-OH is 2. The Labute approximate surface area is 216 Å². The van der Waals surface area contributed by atoms with E-state index in [-0.39, 0.29) is 6.42 Å². The van der Waals surface area contributed by atoms with Gasteiger partial charge in [-0.3, -0.25) is 0 Å². The second-order valence-electron chi connectivity index (χ2n) is 13.8. The summed E-state index contributed by atoms with van der Waals surface area (Å²) in [4.78, 5) is 0. The summed E-state index contributed by atoms with van der Waals surface area (Å²) in [6.07, 6.45) is 18.9. The van der Waals surface area contributed by atoms with Crippen molar-refractivity contribution in [3.05, 3.63) is 11.6 Å². The Kier molecular flexibility index (Phi) is 9.95. The quantitative estimate of drug-likeness (QED) is 0.283. The SMILES string of the molecule is CC(C)CCCCC1CCC2C3CC=C4CC(C)CCC4(C)C3CCC12C.CC(O)C(O)CC#N. The van der Waals surface area contributed by atoms with Gasteiger partial charge in [-0.15, -0.1) is 0 Å². The molecular formula is C32H55NO2. The molecule has 0 bridgehead atoms. The van der Waals surface area contributed by atoms with Crippen LogP contribution in [-0.4, -0.2) is 22.4 Å². The molecule has 4 aliphatic rings. The Balaban J connectivity index is 0.000000371. The fourth-order valence-electron chi connectivity index (χ4n) is 8.63. The first-order valence-corrected chi connectivity index (χ1v) is 15.0. The number of aliphatic hydroxyl groups is 2. The van der Waals surface area contributed by atoms with Crippen LogP contribution >= 0.6 is 0 Å². The topological polar surface area (TPSA) is 64.2 Å². The van der Waals surface area contributed by atoms with Gasteiger partial charge in [0.15, 0.2) is 0 Å². The van der Waals surface area contributed by atoms with Crippen molar-refractivity contribution in [1.82, 2.24) is 0 Å². The summed E-state index contributed by atoms with van der Waals surface area (Å²) in [6, 6.07) is 1.74. The molecule has 3 nitrogen and oxygen atoms in total. The minimum atomic E-state index is -0.889. The Morgan fingerprint density at radius 3 is 2.40 bits per heavy atom. The van der Waals surface area contributed by atoms with E-state index < -0.39 is 12.2 Å². The van der Waals surface area contributed by atoms with Crippen LogP contribution in [0.3, 0.4) is 0 Å². The van der Waals surface area contributed by atoms with E-state index in [1.165, 1.54) is 77.6 Å². The van der Waals surface area contributed by atoms with Crippen LogP contribution in [0.1, 0.15) is 125 Å². The molecule has 4 aliphatic carbocycles. The maximum atomic E-state index is 8.65. The molecule has 200 valence electrons. The van der Waals surface area contributed by atoms with E-state index in [0.29, 0.717) is 10.8 Å². The third-order valence-electron chi connectivity index (χ3n) is 11.0.